The van der Waals surface area contributed by atoms with E-state index >= 15 is 0 Å². The monoisotopic (exact) mass is 308 g/mol. The molecule has 6 nitrogen and oxygen atoms in total. The van der Waals surface area contributed by atoms with Crippen LogP contribution in [0.4, 0.5) is 10.5 Å². The molecule has 3 amide bonds. The molecular weight excluding hydrogens is 300 g/mol. The molecule has 0 saturated heterocycles. The highest BCUT2D eigenvalue weighted by Gasteiger charge is 2.14. The zero-order chi connectivity index (χ0) is 13.3. The molecule has 1 aromatic heterocycles. The zero-order valence-corrected chi connectivity index (χ0v) is 10.7. The van der Waals surface area contributed by atoms with E-state index in [0.29, 0.717) is 20.9 Å². The van der Waals surface area contributed by atoms with Crippen molar-refractivity contribution >= 4 is 44.3 Å². The van der Waals surface area contributed by atoms with Gasteiger partial charge in [0.2, 0.25) is 0 Å². The van der Waals surface area contributed by atoms with Gasteiger partial charge in [-0.3, -0.25) is 15.1 Å². The third-order valence-corrected chi connectivity index (χ3v) is 2.79. The van der Waals surface area contributed by atoms with E-state index in [2.05, 4.69) is 20.9 Å². The summed E-state index contributed by atoms with van der Waals surface area (Å²) in [6, 6.07) is 4.19. The van der Waals surface area contributed by atoms with Gasteiger partial charge in [0.05, 0.1) is 0 Å². The van der Waals surface area contributed by atoms with Gasteiger partial charge in [-0.1, -0.05) is 15.9 Å². The summed E-state index contributed by atoms with van der Waals surface area (Å²) in [6.45, 7) is 0. The molecule has 5 N–H and O–H groups in total. The molecule has 1 aromatic carbocycles. The van der Waals surface area contributed by atoms with Gasteiger partial charge in [0.15, 0.2) is 0 Å². The molecule has 0 spiro atoms. The Kier molecular flexibility index (Phi) is 3.15. The number of nitrogens with zero attached hydrogens (tertiary/aromatic N) is 1. The first kappa shape index (κ1) is 12.3. The zero-order valence-electron chi connectivity index (χ0n) is 9.11. The Bertz CT molecular complexity index is 657. The van der Waals surface area contributed by atoms with Crippen LogP contribution in [0.3, 0.4) is 0 Å². The summed E-state index contributed by atoms with van der Waals surface area (Å²) in [6.07, 6.45) is 1.45. The van der Waals surface area contributed by atoms with Crippen molar-refractivity contribution in [1.82, 2.24) is 10.3 Å². The third kappa shape index (κ3) is 2.25. The maximum absolute atomic E-state index is 11.8. The van der Waals surface area contributed by atoms with E-state index in [0.717, 1.165) is 0 Å². The van der Waals surface area contributed by atoms with Gasteiger partial charge in [-0.2, -0.15) is 0 Å². The lowest BCUT2D eigenvalue weighted by molar-refractivity contribution is 0.0963. The molecular formula is C11H9BrN4O2. The molecule has 2 aromatic rings. The average molecular weight is 309 g/mol. The quantitative estimate of drug-likeness (QED) is 0.691. The Morgan fingerprint density at radius 1 is 1.28 bits per heavy atom. The first-order valence-corrected chi connectivity index (χ1v) is 5.73. The lowest BCUT2D eigenvalue weighted by atomic mass is 10.1. The predicted molar refractivity (Wildman–Crippen MR) is 70.9 cm³/mol. The number of hydrogen-bond donors (Lipinski definition) is 3. The van der Waals surface area contributed by atoms with Crippen LogP contribution in [-0.4, -0.2) is 16.9 Å². The fourth-order valence-electron chi connectivity index (χ4n) is 1.63. The Labute approximate surface area is 110 Å². The Balaban J connectivity index is 2.65. The number of urea groups is 1. The standard InChI is InChI=1S/C11H9BrN4O2/c12-5-3-7-6(8(13)4-5)1-2-15-9(7)10(17)16-11(14)18/h1-4H,13H2,(H3,14,16,17,18). The van der Waals surface area contributed by atoms with Crippen LogP contribution in [0.25, 0.3) is 10.8 Å². The minimum Gasteiger partial charge on any atom is -0.398 e. The minimum atomic E-state index is -0.929. The SMILES string of the molecule is NC(=O)NC(=O)c1nccc2c(N)cc(Br)cc12. The van der Waals surface area contributed by atoms with Crippen molar-refractivity contribution in [2.45, 2.75) is 0 Å². The summed E-state index contributed by atoms with van der Waals surface area (Å²) < 4.78 is 0.716. The lowest BCUT2D eigenvalue weighted by Gasteiger charge is -2.07. The number of carbonyl (C=O) groups excluding carboxylic acids is 2. The molecule has 92 valence electrons. The highest BCUT2D eigenvalue weighted by atomic mass is 79.9. The summed E-state index contributed by atoms with van der Waals surface area (Å²) >= 11 is 3.29. The molecule has 0 aliphatic heterocycles. The number of rotatable bonds is 1. The summed E-state index contributed by atoms with van der Waals surface area (Å²) in [5.74, 6) is -0.661. The van der Waals surface area contributed by atoms with Crippen LogP contribution in [0.2, 0.25) is 0 Å². The molecule has 7 heteroatoms. The van der Waals surface area contributed by atoms with Gasteiger partial charge in [-0.15, -0.1) is 0 Å². The number of nitrogens with two attached hydrogens (primary N) is 2. The number of aromatic nitrogens is 1. The van der Waals surface area contributed by atoms with Crippen LogP contribution < -0.4 is 16.8 Å². The average Bonchev–Trinajstić information content (AvgIpc) is 2.27. The van der Waals surface area contributed by atoms with Crippen molar-refractivity contribution in [2.24, 2.45) is 5.73 Å². The van der Waals surface area contributed by atoms with Crippen molar-refractivity contribution in [3.8, 4) is 0 Å². The van der Waals surface area contributed by atoms with Crippen LogP contribution in [0.5, 0.6) is 0 Å². The molecule has 0 aliphatic carbocycles. The Hall–Kier alpha value is -2.15. The van der Waals surface area contributed by atoms with Gasteiger partial charge in [0, 0.05) is 27.1 Å². The second-order valence-electron chi connectivity index (χ2n) is 3.57. The summed E-state index contributed by atoms with van der Waals surface area (Å²) in [4.78, 5) is 26.4. The van der Waals surface area contributed by atoms with Crippen molar-refractivity contribution in [3.63, 3.8) is 0 Å². The summed E-state index contributed by atoms with van der Waals surface area (Å²) in [7, 11) is 0. The molecule has 0 bridgehead atoms. The van der Waals surface area contributed by atoms with E-state index in [1.54, 1.807) is 18.2 Å². The molecule has 2 rings (SSSR count). The maximum atomic E-state index is 11.8. The second-order valence-corrected chi connectivity index (χ2v) is 4.48. The highest BCUT2D eigenvalue weighted by molar-refractivity contribution is 9.10. The fraction of sp³-hybridized carbons (Fsp3) is 0. The summed E-state index contributed by atoms with van der Waals surface area (Å²) in [5, 5.41) is 3.20. The lowest BCUT2D eigenvalue weighted by Crippen LogP contribution is -2.35. The van der Waals surface area contributed by atoms with Crippen LogP contribution in [0, 0.1) is 0 Å². The predicted octanol–water partition coefficient (Wildman–Crippen LogP) is 1.39. The van der Waals surface area contributed by atoms with E-state index < -0.39 is 11.9 Å². The number of halogens is 1. The van der Waals surface area contributed by atoms with E-state index in [-0.39, 0.29) is 5.69 Å². The number of nitrogen functional groups attached to an aromatic ring is 1. The number of primary amides is 1. The van der Waals surface area contributed by atoms with Gasteiger partial charge >= 0.3 is 6.03 Å². The van der Waals surface area contributed by atoms with Gasteiger partial charge < -0.3 is 11.5 Å². The fourth-order valence-corrected chi connectivity index (χ4v) is 2.10. The molecule has 0 saturated carbocycles. The number of anilines is 1. The van der Waals surface area contributed by atoms with Crippen LogP contribution in [-0.2, 0) is 0 Å². The van der Waals surface area contributed by atoms with Crippen molar-refractivity contribution < 1.29 is 9.59 Å². The number of imide groups is 1. The molecule has 0 radical (unpaired) electrons. The number of nitrogens with one attached hydrogen (secondary N) is 1. The van der Waals surface area contributed by atoms with Crippen molar-refractivity contribution in [1.29, 1.82) is 0 Å². The molecule has 0 unspecified atom stereocenters. The van der Waals surface area contributed by atoms with E-state index in [4.69, 9.17) is 11.5 Å². The van der Waals surface area contributed by atoms with Gasteiger partial charge in [-0.05, 0) is 18.2 Å². The first-order chi connectivity index (χ1) is 8.49. The first-order valence-electron chi connectivity index (χ1n) is 4.93. The van der Waals surface area contributed by atoms with Crippen LogP contribution in [0.1, 0.15) is 10.5 Å². The summed E-state index contributed by atoms with van der Waals surface area (Å²) in [5.41, 5.74) is 11.4. The van der Waals surface area contributed by atoms with E-state index in [1.165, 1.54) is 6.20 Å². The highest BCUT2D eigenvalue weighted by Crippen LogP contribution is 2.27. The largest absolute Gasteiger partial charge is 0.398 e. The van der Waals surface area contributed by atoms with Crippen molar-refractivity contribution in [2.75, 3.05) is 5.73 Å². The van der Waals surface area contributed by atoms with E-state index in [9.17, 15) is 9.59 Å². The molecule has 1 heterocycles. The van der Waals surface area contributed by atoms with Crippen LogP contribution in [0.15, 0.2) is 28.9 Å². The number of pyridine rings is 1. The normalized spacial score (nSPS) is 10.3. The van der Waals surface area contributed by atoms with Crippen LogP contribution >= 0.6 is 15.9 Å². The Morgan fingerprint density at radius 3 is 2.67 bits per heavy atom. The van der Waals surface area contributed by atoms with Gasteiger partial charge in [0.1, 0.15) is 5.69 Å². The molecule has 0 fully saturated rings. The van der Waals surface area contributed by atoms with Gasteiger partial charge in [0.25, 0.3) is 5.91 Å². The minimum absolute atomic E-state index is 0.0966. The van der Waals surface area contributed by atoms with Gasteiger partial charge in [-0.25, -0.2) is 4.79 Å². The second kappa shape index (κ2) is 4.61. The van der Waals surface area contributed by atoms with E-state index in [1.807, 2.05) is 5.32 Å². The number of fused-ring (bicyclic) bond motifs is 1. The maximum Gasteiger partial charge on any atom is 0.319 e. The molecule has 0 aliphatic rings. The number of amides is 3. The Morgan fingerprint density at radius 2 is 2.00 bits per heavy atom. The third-order valence-electron chi connectivity index (χ3n) is 2.33. The number of hydrogen-bond acceptors (Lipinski definition) is 4. The number of benzene rings is 1. The topological polar surface area (TPSA) is 111 Å². The smallest absolute Gasteiger partial charge is 0.319 e. The molecule has 18 heavy (non-hydrogen) atoms. The molecule has 0 atom stereocenters. The van der Waals surface area contributed by atoms with Crippen molar-refractivity contribution in [3.05, 3.63) is 34.6 Å². The number of carbonyl (C=O) groups is 2.